The van der Waals surface area contributed by atoms with Crippen molar-refractivity contribution in [3.63, 3.8) is 0 Å². The van der Waals surface area contributed by atoms with Crippen LogP contribution in [0.4, 0.5) is 0 Å². The number of rotatable bonds is 3. The number of carbonyl (C=O) groups is 1. The first-order chi connectivity index (χ1) is 13.6. The van der Waals surface area contributed by atoms with Crippen LogP contribution in [0.3, 0.4) is 0 Å². The van der Waals surface area contributed by atoms with E-state index in [-0.39, 0.29) is 18.3 Å². The predicted molar refractivity (Wildman–Crippen MR) is 108 cm³/mol. The minimum Gasteiger partial charge on any atom is -0.492 e. The summed E-state index contributed by atoms with van der Waals surface area (Å²) >= 11 is 0. The third kappa shape index (κ3) is 2.39. The molecule has 3 aromatic carbocycles. The van der Waals surface area contributed by atoms with E-state index in [2.05, 4.69) is 44.2 Å². The summed E-state index contributed by atoms with van der Waals surface area (Å²) in [5, 5.41) is 4.46. The monoisotopic (exact) mass is 375 g/mol. The first-order valence-electron chi connectivity index (χ1n) is 9.55. The number of hydrogen-bond donors (Lipinski definition) is 0. The molecule has 0 amide bonds. The smallest absolute Gasteiger partial charge is 0.306 e. The molecular weight excluding hydrogens is 354 g/mol. The first kappa shape index (κ1) is 17.0. The number of aryl methyl sites for hydroxylation is 2. The van der Waals surface area contributed by atoms with Gasteiger partial charge in [0.25, 0.3) is 0 Å². The van der Waals surface area contributed by atoms with Crippen molar-refractivity contribution in [2.45, 2.75) is 32.6 Å². The minimum absolute atomic E-state index is 0.233. The average Bonchev–Trinajstić information content (AvgIpc) is 3.29. The van der Waals surface area contributed by atoms with Crippen molar-refractivity contribution in [3.05, 3.63) is 47.3 Å². The van der Waals surface area contributed by atoms with Crippen molar-refractivity contribution >= 4 is 38.6 Å². The number of carbonyl (C=O) groups excluding carboxylic acids is 1. The van der Waals surface area contributed by atoms with E-state index in [1.165, 1.54) is 18.1 Å². The molecule has 2 heterocycles. The van der Waals surface area contributed by atoms with Gasteiger partial charge >= 0.3 is 5.97 Å². The molecular formula is C23H21NO4. The Morgan fingerprint density at radius 2 is 2.04 bits per heavy atom. The molecule has 5 heteroatoms. The van der Waals surface area contributed by atoms with E-state index in [0.717, 1.165) is 38.6 Å². The van der Waals surface area contributed by atoms with Gasteiger partial charge in [0.1, 0.15) is 11.3 Å². The van der Waals surface area contributed by atoms with Crippen molar-refractivity contribution < 1.29 is 18.7 Å². The Hall–Kier alpha value is -3.08. The molecule has 142 valence electrons. The average molecular weight is 375 g/mol. The number of ether oxygens (including phenoxy) is 2. The lowest BCUT2D eigenvalue weighted by Gasteiger charge is -2.11. The fraction of sp³-hybridized carbons (Fsp3) is 0.304. The SMILES string of the molecule is COC(=O)CCc1nc2c(o1)c1c(c3ccc4c(C)cccc4c32)OC[C@@H]1C. The molecule has 1 aliphatic rings. The molecule has 0 saturated carbocycles. The lowest BCUT2D eigenvalue weighted by Crippen LogP contribution is -2.01. The maximum atomic E-state index is 11.6. The van der Waals surface area contributed by atoms with Crippen LogP contribution < -0.4 is 4.74 Å². The van der Waals surface area contributed by atoms with Gasteiger partial charge in [-0.05, 0) is 29.3 Å². The number of oxazole rings is 1. The van der Waals surface area contributed by atoms with E-state index in [0.29, 0.717) is 18.9 Å². The molecule has 5 rings (SSSR count). The molecule has 0 radical (unpaired) electrons. The van der Waals surface area contributed by atoms with Crippen molar-refractivity contribution in [1.82, 2.24) is 4.98 Å². The van der Waals surface area contributed by atoms with Gasteiger partial charge in [-0.2, -0.15) is 0 Å². The van der Waals surface area contributed by atoms with Gasteiger partial charge in [-0.25, -0.2) is 4.98 Å². The highest BCUT2D eigenvalue weighted by atomic mass is 16.5. The maximum absolute atomic E-state index is 11.6. The van der Waals surface area contributed by atoms with Gasteiger partial charge in [-0.15, -0.1) is 0 Å². The number of benzene rings is 3. The molecule has 0 bridgehead atoms. The lowest BCUT2D eigenvalue weighted by molar-refractivity contribution is -0.140. The molecule has 1 aromatic heterocycles. The third-order valence-corrected chi connectivity index (χ3v) is 5.66. The molecule has 0 fully saturated rings. The number of aromatic nitrogens is 1. The van der Waals surface area contributed by atoms with Crippen LogP contribution in [-0.4, -0.2) is 24.7 Å². The highest BCUT2D eigenvalue weighted by Crippen LogP contribution is 2.47. The van der Waals surface area contributed by atoms with Crippen LogP contribution >= 0.6 is 0 Å². The number of fused-ring (bicyclic) bond motifs is 8. The van der Waals surface area contributed by atoms with Crippen LogP contribution in [0.15, 0.2) is 34.7 Å². The Morgan fingerprint density at radius 3 is 2.86 bits per heavy atom. The van der Waals surface area contributed by atoms with Crippen molar-refractivity contribution in [2.75, 3.05) is 13.7 Å². The van der Waals surface area contributed by atoms with Gasteiger partial charge in [0.15, 0.2) is 11.5 Å². The van der Waals surface area contributed by atoms with Crippen LogP contribution in [0.1, 0.15) is 36.3 Å². The number of hydrogen-bond acceptors (Lipinski definition) is 5. The summed E-state index contributed by atoms with van der Waals surface area (Å²) in [5.74, 6) is 1.42. The maximum Gasteiger partial charge on any atom is 0.306 e. The summed E-state index contributed by atoms with van der Waals surface area (Å²) in [6.07, 6.45) is 0.659. The summed E-state index contributed by atoms with van der Waals surface area (Å²) in [5.41, 5.74) is 3.92. The number of esters is 1. The molecule has 28 heavy (non-hydrogen) atoms. The summed E-state index contributed by atoms with van der Waals surface area (Å²) in [6, 6.07) is 10.6. The molecule has 5 nitrogen and oxygen atoms in total. The van der Waals surface area contributed by atoms with Crippen LogP contribution in [0, 0.1) is 6.92 Å². The highest BCUT2D eigenvalue weighted by molar-refractivity contribution is 6.21. The van der Waals surface area contributed by atoms with E-state index >= 15 is 0 Å². The minimum atomic E-state index is -0.268. The predicted octanol–water partition coefficient (Wildman–Crippen LogP) is 5.04. The Kier molecular flexibility index (Phi) is 3.79. The second-order valence-electron chi connectivity index (χ2n) is 7.47. The van der Waals surface area contributed by atoms with Crippen molar-refractivity contribution in [1.29, 1.82) is 0 Å². The van der Waals surface area contributed by atoms with Crippen LogP contribution in [0.25, 0.3) is 32.6 Å². The third-order valence-electron chi connectivity index (χ3n) is 5.66. The molecule has 4 aromatic rings. The fourth-order valence-electron chi connectivity index (χ4n) is 4.24. The van der Waals surface area contributed by atoms with Gasteiger partial charge in [-0.3, -0.25) is 4.79 Å². The standard InChI is InChI=1S/C23H21NO4/c1-12-5-4-6-15-14(12)7-8-16-20(15)21-23(19-13(2)11-27-22(16)19)28-17(24-21)9-10-18(25)26-3/h4-8,13H,9-11H2,1-3H3/t13-/m0/s1. The molecule has 1 atom stereocenters. The zero-order valence-electron chi connectivity index (χ0n) is 16.2. The van der Waals surface area contributed by atoms with E-state index in [1.54, 1.807) is 0 Å². The highest BCUT2D eigenvalue weighted by Gasteiger charge is 2.30. The summed E-state index contributed by atoms with van der Waals surface area (Å²) in [4.78, 5) is 16.4. The first-order valence-corrected chi connectivity index (χ1v) is 9.55. The second-order valence-corrected chi connectivity index (χ2v) is 7.47. The topological polar surface area (TPSA) is 61.6 Å². The van der Waals surface area contributed by atoms with Gasteiger partial charge in [0.2, 0.25) is 0 Å². The lowest BCUT2D eigenvalue weighted by atomic mass is 9.93. The zero-order chi connectivity index (χ0) is 19.4. The molecule has 0 spiro atoms. The van der Waals surface area contributed by atoms with Gasteiger partial charge in [0, 0.05) is 28.7 Å². The fourth-order valence-corrected chi connectivity index (χ4v) is 4.24. The Morgan fingerprint density at radius 1 is 1.21 bits per heavy atom. The van der Waals surface area contributed by atoms with E-state index in [1.807, 2.05) is 0 Å². The molecule has 0 aliphatic carbocycles. The number of nitrogens with zero attached hydrogens (tertiary/aromatic N) is 1. The molecule has 0 saturated heterocycles. The second kappa shape index (κ2) is 6.23. The van der Waals surface area contributed by atoms with Gasteiger partial charge < -0.3 is 13.9 Å². The van der Waals surface area contributed by atoms with Crippen LogP contribution in [-0.2, 0) is 16.0 Å². The Labute approximate surface area is 162 Å². The largest absolute Gasteiger partial charge is 0.492 e. The van der Waals surface area contributed by atoms with Crippen molar-refractivity contribution in [2.24, 2.45) is 0 Å². The van der Waals surface area contributed by atoms with Gasteiger partial charge in [-0.1, -0.05) is 31.2 Å². The Bertz CT molecular complexity index is 1250. The molecule has 1 aliphatic heterocycles. The summed E-state index contributed by atoms with van der Waals surface area (Å²) in [6.45, 7) is 4.88. The van der Waals surface area contributed by atoms with Crippen LogP contribution in [0.5, 0.6) is 5.75 Å². The quantitative estimate of drug-likeness (QED) is 0.371. The number of methoxy groups -OCH3 is 1. The normalized spacial score (nSPS) is 15.9. The van der Waals surface area contributed by atoms with E-state index in [9.17, 15) is 4.79 Å². The molecule has 0 unspecified atom stereocenters. The summed E-state index contributed by atoms with van der Waals surface area (Å²) in [7, 11) is 1.39. The van der Waals surface area contributed by atoms with E-state index < -0.39 is 0 Å². The van der Waals surface area contributed by atoms with Crippen molar-refractivity contribution in [3.8, 4) is 5.75 Å². The molecule has 0 N–H and O–H groups in total. The van der Waals surface area contributed by atoms with Crippen LogP contribution in [0.2, 0.25) is 0 Å². The Balaban J connectivity index is 1.85. The van der Waals surface area contributed by atoms with E-state index in [4.69, 9.17) is 18.9 Å². The summed E-state index contributed by atoms with van der Waals surface area (Å²) < 4.78 is 17.0. The zero-order valence-corrected chi connectivity index (χ0v) is 16.2. The van der Waals surface area contributed by atoms with Gasteiger partial charge in [0.05, 0.1) is 20.1 Å².